The van der Waals surface area contributed by atoms with Crippen molar-refractivity contribution in [2.75, 3.05) is 0 Å². The summed E-state index contributed by atoms with van der Waals surface area (Å²) in [6, 6.07) is 5.84. The number of pyridine rings is 1. The highest BCUT2D eigenvalue weighted by molar-refractivity contribution is 5.78. The van der Waals surface area contributed by atoms with Gasteiger partial charge in [-0.05, 0) is 44.2 Å². The lowest BCUT2D eigenvalue weighted by Crippen LogP contribution is -2.17. The number of ketones is 1. The molecule has 0 atom stereocenters. The Hall–Kier alpha value is -1.68. The molecule has 0 aliphatic heterocycles. The molecule has 0 fully saturated rings. The molecule has 126 valence electrons. The fourth-order valence-electron chi connectivity index (χ4n) is 3.02. The Morgan fingerprint density at radius 2 is 1.91 bits per heavy atom. The minimum absolute atomic E-state index is 0.0401. The summed E-state index contributed by atoms with van der Waals surface area (Å²) in [5, 5.41) is 15.1. The van der Waals surface area contributed by atoms with Crippen molar-refractivity contribution in [3.8, 4) is 0 Å². The van der Waals surface area contributed by atoms with Gasteiger partial charge in [-0.25, -0.2) is 4.52 Å². The Bertz CT molecular complexity index is 687. The lowest BCUT2D eigenvalue weighted by atomic mass is 9.88. The number of aliphatic hydroxyl groups is 1. The maximum absolute atomic E-state index is 12.0. The van der Waals surface area contributed by atoms with Gasteiger partial charge in [0.15, 0.2) is 0 Å². The van der Waals surface area contributed by atoms with E-state index in [1.54, 1.807) is 18.4 Å². The molecule has 2 aromatic rings. The Labute approximate surface area is 138 Å². The summed E-state index contributed by atoms with van der Waals surface area (Å²) < 4.78 is 1.81. The van der Waals surface area contributed by atoms with Gasteiger partial charge in [-0.2, -0.15) is 5.10 Å². The van der Waals surface area contributed by atoms with Gasteiger partial charge in [0.1, 0.15) is 5.78 Å². The summed E-state index contributed by atoms with van der Waals surface area (Å²) in [5.41, 5.74) is 1.76. The first-order valence-corrected chi connectivity index (χ1v) is 8.29. The van der Waals surface area contributed by atoms with E-state index in [1.165, 1.54) is 0 Å². The Balaban J connectivity index is 2.13. The zero-order valence-electron chi connectivity index (χ0n) is 14.9. The van der Waals surface area contributed by atoms with Crippen LogP contribution in [0.1, 0.15) is 65.1 Å². The van der Waals surface area contributed by atoms with Gasteiger partial charge in [-0.15, -0.1) is 0 Å². The molecule has 0 saturated heterocycles. The van der Waals surface area contributed by atoms with Crippen LogP contribution in [0, 0.1) is 5.41 Å². The van der Waals surface area contributed by atoms with Crippen LogP contribution in [0.15, 0.2) is 24.4 Å². The van der Waals surface area contributed by atoms with Crippen LogP contribution in [-0.2, 0) is 16.8 Å². The van der Waals surface area contributed by atoms with Crippen molar-refractivity contribution in [1.82, 2.24) is 9.61 Å². The number of carbonyl (C=O) groups excluding carboxylic acids is 1. The van der Waals surface area contributed by atoms with Crippen LogP contribution in [0.2, 0.25) is 0 Å². The van der Waals surface area contributed by atoms with Crippen molar-refractivity contribution >= 4 is 11.3 Å². The third kappa shape index (κ3) is 4.64. The molecule has 0 aromatic carbocycles. The van der Waals surface area contributed by atoms with Gasteiger partial charge in [-0.1, -0.05) is 26.8 Å². The molecule has 4 heteroatoms. The van der Waals surface area contributed by atoms with Crippen molar-refractivity contribution in [3.05, 3.63) is 35.7 Å². The molecule has 0 spiro atoms. The predicted octanol–water partition coefficient (Wildman–Crippen LogP) is 3.89. The van der Waals surface area contributed by atoms with Crippen LogP contribution < -0.4 is 0 Å². The van der Waals surface area contributed by atoms with Gasteiger partial charge >= 0.3 is 0 Å². The molecule has 2 aromatic heterocycles. The SMILES string of the molecule is CC(C)(C)CC(=O)CCCc1nn2ccccc2c1C(C)(C)O. The number of carbonyl (C=O) groups is 1. The molecule has 0 saturated carbocycles. The largest absolute Gasteiger partial charge is 0.386 e. The number of nitrogens with zero attached hydrogens (tertiary/aromatic N) is 2. The summed E-state index contributed by atoms with van der Waals surface area (Å²) >= 11 is 0. The van der Waals surface area contributed by atoms with E-state index in [0.29, 0.717) is 25.0 Å². The van der Waals surface area contributed by atoms with Crippen molar-refractivity contribution in [1.29, 1.82) is 0 Å². The maximum Gasteiger partial charge on any atom is 0.133 e. The molecule has 0 aliphatic rings. The summed E-state index contributed by atoms with van der Waals surface area (Å²) in [5.74, 6) is 0.297. The minimum atomic E-state index is -0.951. The molecule has 2 rings (SSSR count). The van der Waals surface area contributed by atoms with Crippen LogP contribution in [-0.4, -0.2) is 20.5 Å². The highest BCUT2D eigenvalue weighted by Gasteiger charge is 2.26. The van der Waals surface area contributed by atoms with E-state index in [2.05, 4.69) is 25.9 Å². The quantitative estimate of drug-likeness (QED) is 0.879. The van der Waals surface area contributed by atoms with Gasteiger partial charge in [0.25, 0.3) is 0 Å². The molecule has 4 nitrogen and oxygen atoms in total. The molecule has 0 amide bonds. The monoisotopic (exact) mass is 316 g/mol. The number of hydrogen-bond acceptors (Lipinski definition) is 3. The number of hydrogen-bond donors (Lipinski definition) is 1. The van der Waals surface area contributed by atoms with Gasteiger partial charge < -0.3 is 5.11 Å². The van der Waals surface area contributed by atoms with Gasteiger partial charge in [0, 0.05) is 24.6 Å². The lowest BCUT2D eigenvalue weighted by Gasteiger charge is -2.18. The number of Topliss-reactive ketones (excluding diaryl/α,β-unsaturated/α-hetero) is 1. The van der Waals surface area contributed by atoms with Crippen molar-refractivity contribution in [2.24, 2.45) is 5.41 Å². The average molecular weight is 316 g/mol. The van der Waals surface area contributed by atoms with E-state index in [4.69, 9.17) is 0 Å². The van der Waals surface area contributed by atoms with Crippen molar-refractivity contribution in [3.63, 3.8) is 0 Å². The van der Waals surface area contributed by atoms with Gasteiger partial charge in [-0.3, -0.25) is 4.79 Å². The van der Waals surface area contributed by atoms with E-state index in [1.807, 2.05) is 24.4 Å². The van der Waals surface area contributed by atoms with Gasteiger partial charge in [0.05, 0.1) is 16.8 Å². The molecule has 1 N–H and O–H groups in total. The first-order valence-electron chi connectivity index (χ1n) is 8.29. The van der Waals surface area contributed by atoms with E-state index in [9.17, 15) is 9.90 Å². The van der Waals surface area contributed by atoms with Crippen LogP contribution in [0.25, 0.3) is 5.52 Å². The van der Waals surface area contributed by atoms with E-state index in [0.717, 1.165) is 23.2 Å². The second kappa shape index (κ2) is 6.44. The number of fused-ring (bicyclic) bond motifs is 1. The summed E-state index contributed by atoms with van der Waals surface area (Å²) in [6.45, 7) is 9.81. The number of rotatable bonds is 6. The second-order valence-corrected chi connectivity index (χ2v) is 8.04. The van der Waals surface area contributed by atoms with E-state index >= 15 is 0 Å². The fourth-order valence-corrected chi connectivity index (χ4v) is 3.02. The first-order chi connectivity index (χ1) is 10.6. The standard InChI is InChI=1S/C19H28N2O2/c1-18(2,3)13-14(22)9-8-10-15-17(19(4,5)23)16-11-6-7-12-21(16)20-15/h6-7,11-12,23H,8-10,13H2,1-5H3. The van der Waals surface area contributed by atoms with Crippen molar-refractivity contribution < 1.29 is 9.90 Å². The maximum atomic E-state index is 12.0. The summed E-state index contributed by atoms with van der Waals surface area (Å²) in [7, 11) is 0. The Morgan fingerprint density at radius 1 is 1.22 bits per heavy atom. The van der Waals surface area contributed by atoms with Crippen LogP contribution in [0.5, 0.6) is 0 Å². The molecular weight excluding hydrogens is 288 g/mol. The second-order valence-electron chi connectivity index (χ2n) is 8.04. The van der Waals surface area contributed by atoms with Crippen LogP contribution in [0.3, 0.4) is 0 Å². The number of aryl methyl sites for hydroxylation is 1. The molecule has 0 bridgehead atoms. The molecule has 0 radical (unpaired) electrons. The third-order valence-electron chi connectivity index (χ3n) is 3.82. The predicted molar refractivity (Wildman–Crippen MR) is 92.5 cm³/mol. The highest BCUT2D eigenvalue weighted by Crippen LogP contribution is 2.29. The lowest BCUT2D eigenvalue weighted by molar-refractivity contribution is -0.120. The van der Waals surface area contributed by atoms with Crippen LogP contribution in [0.4, 0.5) is 0 Å². The number of aromatic nitrogens is 2. The average Bonchev–Trinajstić information content (AvgIpc) is 2.74. The zero-order valence-corrected chi connectivity index (χ0v) is 14.9. The summed E-state index contributed by atoms with van der Waals surface area (Å²) in [6.07, 6.45) is 4.53. The molecule has 0 aliphatic carbocycles. The molecule has 23 heavy (non-hydrogen) atoms. The smallest absolute Gasteiger partial charge is 0.133 e. The van der Waals surface area contributed by atoms with Crippen LogP contribution >= 0.6 is 0 Å². The molecular formula is C19H28N2O2. The van der Waals surface area contributed by atoms with Crippen molar-refractivity contribution in [2.45, 2.75) is 65.9 Å². The molecule has 0 unspecified atom stereocenters. The van der Waals surface area contributed by atoms with E-state index < -0.39 is 5.60 Å². The Morgan fingerprint density at radius 3 is 2.52 bits per heavy atom. The normalized spacial score (nSPS) is 12.8. The van der Waals surface area contributed by atoms with E-state index in [-0.39, 0.29) is 5.41 Å². The van der Waals surface area contributed by atoms with Gasteiger partial charge in [0.2, 0.25) is 0 Å². The highest BCUT2D eigenvalue weighted by atomic mass is 16.3. The minimum Gasteiger partial charge on any atom is -0.386 e. The molecule has 2 heterocycles. The first kappa shape index (κ1) is 17.7. The fraction of sp³-hybridized carbons (Fsp3) is 0.579. The topological polar surface area (TPSA) is 54.6 Å². The zero-order chi connectivity index (χ0) is 17.3. The summed E-state index contributed by atoms with van der Waals surface area (Å²) in [4.78, 5) is 12.0. The third-order valence-corrected chi connectivity index (χ3v) is 3.82. The Kier molecular flexibility index (Phi) is 4.95.